The van der Waals surface area contributed by atoms with E-state index in [-0.39, 0.29) is 23.1 Å². The molecular weight excluding hydrogens is 480 g/mol. The molecule has 0 amide bonds. The van der Waals surface area contributed by atoms with E-state index in [9.17, 15) is 26.3 Å². The Bertz CT molecular complexity index is 1270. The molecule has 0 aliphatic rings. The number of hydrogen-bond acceptors (Lipinski definition) is 6. The van der Waals surface area contributed by atoms with Crippen molar-refractivity contribution in [2.75, 3.05) is 11.9 Å². The van der Waals surface area contributed by atoms with Crippen LogP contribution in [-0.2, 0) is 12.7 Å². The van der Waals surface area contributed by atoms with Crippen LogP contribution in [0.25, 0.3) is 22.6 Å². The summed E-state index contributed by atoms with van der Waals surface area (Å²) in [5.41, 5.74) is -0.347. The first-order valence-electron chi connectivity index (χ1n) is 9.10. The Labute approximate surface area is 185 Å². The van der Waals surface area contributed by atoms with Crippen molar-refractivity contribution in [2.24, 2.45) is 0 Å². The maximum atomic E-state index is 13.3. The number of nitrogens with one attached hydrogen (secondary N) is 2. The van der Waals surface area contributed by atoms with Crippen molar-refractivity contribution in [3.8, 4) is 17.3 Å². The fourth-order valence-corrected chi connectivity index (χ4v) is 3.19. The molecule has 2 aromatic carbocycles. The van der Waals surface area contributed by atoms with Gasteiger partial charge in [0.2, 0.25) is 5.82 Å². The Kier molecular flexibility index (Phi) is 5.82. The second-order valence-corrected chi connectivity index (χ2v) is 7.20. The van der Waals surface area contributed by atoms with Crippen LogP contribution < -0.4 is 10.1 Å². The monoisotopic (exact) mass is 491 g/mol. The number of benzene rings is 2. The summed E-state index contributed by atoms with van der Waals surface area (Å²) >= 11 is 6.26. The average molecular weight is 492 g/mol. The molecule has 0 fully saturated rings. The Morgan fingerprint density at radius 3 is 2.52 bits per heavy atom. The summed E-state index contributed by atoms with van der Waals surface area (Å²) in [4.78, 5) is 0. The molecule has 2 N–H and O–H groups in total. The first-order valence-corrected chi connectivity index (χ1v) is 9.48. The summed E-state index contributed by atoms with van der Waals surface area (Å²) in [6, 6.07) is 7.53. The van der Waals surface area contributed by atoms with Gasteiger partial charge in [0.25, 0.3) is 0 Å². The molecule has 14 heteroatoms. The molecule has 0 spiro atoms. The first-order chi connectivity index (χ1) is 15.5. The van der Waals surface area contributed by atoms with E-state index in [1.807, 2.05) is 0 Å². The summed E-state index contributed by atoms with van der Waals surface area (Å²) in [6.07, 6.45) is -9.69. The second kappa shape index (κ2) is 8.46. The van der Waals surface area contributed by atoms with E-state index in [1.165, 1.54) is 12.1 Å². The minimum absolute atomic E-state index is 0.0116. The zero-order chi connectivity index (χ0) is 23.8. The number of ether oxygens (including phenoxy) is 1. The SMILES string of the molecule is FC(F)(F)COc1ccc(NCc2cc3cc(-c4nn[nH]n4)oc3cc2Cl)cc1C(F)(F)F. The minimum atomic E-state index is -4.92. The number of fused-ring (bicyclic) bond motifs is 1. The molecule has 0 aliphatic carbocycles. The first kappa shape index (κ1) is 22.7. The minimum Gasteiger partial charge on any atom is -0.483 e. The molecule has 0 atom stereocenters. The van der Waals surface area contributed by atoms with Gasteiger partial charge in [0.1, 0.15) is 11.3 Å². The van der Waals surface area contributed by atoms with Crippen molar-refractivity contribution in [3.63, 3.8) is 0 Å². The van der Waals surface area contributed by atoms with E-state index in [0.717, 1.165) is 6.07 Å². The fourth-order valence-electron chi connectivity index (χ4n) is 2.97. The van der Waals surface area contributed by atoms with Gasteiger partial charge in [0, 0.05) is 28.7 Å². The highest BCUT2D eigenvalue weighted by molar-refractivity contribution is 6.32. The van der Waals surface area contributed by atoms with Crippen molar-refractivity contribution in [1.29, 1.82) is 0 Å². The van der Waals surface area contributed by atoms with Gasteiger partial charge < -0.3 is 14.5 Å². The van der Waals surface area contributed by atoms with Crippen LogP contribution in [0.3, 0.4) is 0 Å². The number of hydrogen-bond donors (Lipinski definition) is 2. The summed E-state index contributed by atoms with van der Waals surface area (Å²) in [5, 5.41) is 17.1. The zero-order valence-electron chi connectivity index (χ0n) is 16.2. The number of halogens is 7. The predicted octanol–water partition coefficient (Wildman–Crippen LogP) is 5.84. The molecule has 7 nitrogen and oxygen atoms in total. The predicted molar refractivity (Wildman–Crippen MR) is 105 cm³/mol. The fraction of sp³-hybridized carbons (Fsp3) is 0.211. The summed E-state index contributed by atoms with van der Waals surface area (Å²) < 4.78 is 86.9. The molecule has 0 aliphatic heterocycles. The van der Waals surface area contributed by atoms with Gasteiger partial charge in [-0.1, -0.05) is 11.6 Å². The third-order valence-electron chi connectivity index (χ3n) is 4.41. The van der Waals surface area contributed by atoms with Gasteiger partial charge in [-0.2, -0.15) is 31.6 Å². The molecule has 0 saturated heterocycles. The highest BCUT2D eigenvalue weighted by Gasteiger charge is 2.36. The van der Waals surface area contributed by atoms with Crippen LogP contribution in [0.4, 0.5) is 32.0 Å². The molecule has 33 heavy (non-hydrogen) atoms. The van der Waals surface area contributed by atoms with Gasteiger partial charge >= 0.3 is 12.4 Å². The lowest BCUT2D eigenvalue weighted by molar-refractivity contribution is -0.158. The summed E-state index contributed by atoms with van der Waals surface area (Å²) in [5.74, 6) is -0.351. The molecule has 174 valence electrons. The number of aromatic nitrogens is 4. The van der Waals surface area contributed by atoms with Gasteiger partial charge in [-0.05, 0) is 41.1 Å². The van der Waals surface area contributed by atoms with Crippen LogP contribution in [0.15, 0.2) is 40.8 Å². The van der Waals surface area contributed by atoms with Crippen molar-refractivity contribution < 1.29 is 35.5 Å². The van der Waals surface area contributed by atoms with Crippen LogP contribution in [0.5, 0.6) is 5.75 Å². The van der Waals surface area contributed by atoms with Crippen LogP contribution in [0.1, 0.15) is 11.1 Å². The number of rotatable bonds is 6. The van der Waals surface area contributed by atoms with Crippen molar-refractivity contribution in [1.82, 2.24) is 20.6 Å². The van der Waals surface area contributed by atoms with E-state index >= 15 is 0 Å². The normalized spacial score (nSPS) is 12.3. The number of furan rings is 1. The van der Waals surface area contributed by atoms with Gasteiger partial charge in [-0.3, -0.25) is 0 Å². The number of H-pyrrole nitrogens is 1. The Hall–Kier alpha value is -3.48. The third-order valence-corrected chi connectivity index (χ3v) is 4.76. The number of aromatic amines is 1. The van der Waals surface area contributed by atoms with Gasteiger partial charge in [0.15, 0.2) is 12.4 Å². The molecule has 0 unspecified atom stereocenters. The molecule has 0 radical (unpaired) electrons. The van der Waals surface area contributed by atoms with Crippen LogP contribution in [-0.4, -0.2) is 33.4 Å². The smallest absolute Gasteiger partial charge is 0.422 e. The van der Waals surface area contributed by atoms with Crippen LogP contribution >= 0.6 is 11.6 Å². The summed E-state index contributed by atoms with van der Waals surface area (Å²) in [6.45, 7) is -1.81. The largest absolute Gasteiger partial charge is 0.483 e. The highest BCUT2D eigenvalue weighted by Crippen LogP contribution is 2.39. The van der Waals surface area contributed by atoms with E-state index in [0.29, 0.717) is 28.4 Å². The number of nitrogens with zero attached hydrogens (tertiary/aromatic N) is 3. The lowest BCUT2D eigenvalue weighted by atomic mass is 10.1. The molecule has 2 heterocycles. The topological polar surface area (TPSA) is 88.9 Å². The average Bonchev–Trinajstić information content (AvgIpc) is 3.39. The third kappa shape index (κ3) is 5.30. The van der Waals surface area contributed by atoms with Crippen molar-refractivity contribution in [2.45, 2.75) is 18.9 Å². The quantitative estimate of drug-likeness (QED) is 0.329. The molecule has 2 aromatic heterocycles. The number of anilines is 1. The Morgan fingerprint density at radius 2 is 1.85 bits per heavy atom. The Morgan fingerprint density at radius 1 is 1.06 bits per heavy atom. The highest BCUT2D eigenvalue weighted by atomic mass is 35.5. The van der Waals surface area contributed by atoms with Gasteiger partial charge in [-0.25, -0.2) is 0 Å². The second-order valence-electron chi connectivity index (χ2n) is 6.79. The standard InChI is InChI=1S/C19H12ClF6N5O2/c20-13-6-15-9(4-16(33-15)17-28-30-31-29-17)3-10(13)7-27-11-1-2-14(32-8-18(21,22)23)12(5-11)19(24,25)26/h1-6,27H,7-8H2,(H,28,29,30,31). The van der Waals surface area contributed by atoms with Crippen LogP contribution in [0.2, 0.25) is 5.02 Å². The molecular formula is C19H12ClF6N5O2. The molecule has 0 bridgehead atoms. The van der Waals surface area contributed by atoms with E-state index in [1.54, 1.807) is 12.1 Å². The lowest BCUT2D eigenvalue weighted by Crippen LogP contribution is -2.21. The zero-order valence-corrected chi connectivity index (χ0v) is 16.9. The van der Waals surface area contributed by atoms with Gasteiger partial charge in [-0.15, -0.1) is 10.2 Å². The van der Waals surface area contributed by atoms with Crippen LogP contribution in [0, 0.1) is 0 Å². The van der Waals surface area contributed by atoms with Crippen molar-refractivity contribution >= 4 is 28.3 Å². The number of tetrazole rings is 1. The Balaban J connectivity index is 1.55. The van der Waals surface area contributed by atoms with Gasteiger partial charge in [0.05, 0.1) is 5.56 Å². The molecule has 4 rings (SSSR count). The molecule has 4 aromatic rings. The van der Waals surface area contributed by atoms with Crippen molar-refractivity contribution in [3.05, 3.63) is 52.5 Å². The maximum Gasteiger partial charge on any atom is 0.422 e. The lowest BCUT2D eigenvalue weighted by Gasteiger charge is -2.17. The molecule has 0 saturated carbocycles. The maximum absolute atomic E-state index is 13.3. The van der Waals surface area contributed by atoms with E-state index in [2.05, 4.69) is 30.7 Å². The number of alkyl halides is 6. The van der Waals surface area contributed by atoms with E-state index < -0.39 is 30.3 Å². The van der Waals surface area contributed by atoms with E-state index in [4.69, 9.17) is 16.0 Å². The summed E-state index contributed by atoms with van der Waals surface area (Å²) in [7, 11) is 0.